The summed E-state index contributed by atoms with van der Waals surface area (Å²) in [5.41, 5.74) is 3.63. The lowest BCUT2D eigenvalue weighted by atomic mass is 10.1. The number of nitrogens with zero attached hydrogens (tertiary/aromatic N) is 3. The highest BCUT2D eigenvalue weighted by Gasteiger charge is 2.36. The van der Waals surface area contributed by atoms with Gasteiger partial charge in [-0.1, -0.05) is 50.1 Å². The monoisotopic (exact) mass is 437 g/mol. The number of carbonyl (C=O) groups excluding carboxylic acids is 2. The molecule has 0 unspecified atom stereocenters. The van der Waals surface area contributed by atoms with Crippen LogP contribution in [0.25, 0.3) is 0 Å². The molecular formula is C27H39N3O2. The lowest BCUT2D eigenvalue weighted by Crippen LogP contribution is -2.47. The molecule has 0 radical (unpaired) electrons. The molecule has 1 aliphatic rings. The van der Waals surface area contributed by atoms with Crippen molar-refractivity contribution in [1.82, 2.24) is 14.4 Å². The van der Waals surface area contributed by atoms with Crippen LogP contribution in [0.5, 0.6) is 0 Å². The molecule has 32 heavy (non-hydrogen) atoms. The molecule has 1 saturated carbocycles. The van der Waals surface area contributed by atoms with Crippen molar-refractivity contribution < 1.29 is 9.59 Å². The van der Waals surface area contributed by atoms with Crippen LogP contribution in [0.4, 0.5) is 0 Å². The van der Waals surface area contributed by atoms with Crippen LogP contribution < -0.4 is 0 Å². The van der Waals surface area contributed by atoms with E-state index in [-0.39, 0.29) is 30.3 Å². The van der Waals surface area contributed by atoms with Gasteiger partial charge in [-0.3, -0.25) is 9.59 Å². The van der Waals surface area contributed by atoms with E-state index in [2.05, 4.69) is 74.9 Å². The van der Waals surface area contributed by atoms with E-state index >= 15 is 0 Å². The molecule has 1 aliphatic carbocycles. The zero-order valence-electron chi connectivity index (χ0n) is 20.2. The van der Waals surface area contributed by atoms with Crippen molar-refractivity contribution in [3.8, 4) is 0 Å². The Hall–Kier alpha value is -2.56. The molecule has 1 atom stereocenters. The molecule has 1 aromatic heterocycles. The van der Waals surface area contributed by atoms with Gasteiger partial charge in [0.25, 0.3) is 0 Å². The Morgan fingerprint density at radius 1 is 1.16 bits per heavy atom. The molecule has 5 heteroatoms. The maximum absolute atomic E-state index is 13.4. The number of unbranched alkanes of at least 4 members (excludes halogenated alkanes) is 1. The van der Waals surface area contributed by atoms with Crippen molar-refractivity contribution in [2.75, 3.05) is 13.1 Å². The summed E-state index contributed by atoms with van der Waals surface area (Å²) in [4.78, 5) is 30.0. The summed E-state index contributed by atoms with van der Waals surface area (Å²) in [6.45, 7) is 10.7. The van der Waals surface area contributed by atoms with Crippen LogP contribution in [0, 0.1) is 12.8 Å². The molecule has 1 heterocycles. The highest BCUT2D eigenvalue weighted by molar-refractivity contribution is 5.87. The molecule has 1 aromatic carbocycles. The van der Waals surface area contributed by atoms with Gasteiger partial charge in [-0.15, -0.1) is 0 Å². The van der Waals surface area contributed by atoms with E-state index in [0.717, 1.165) is 50.9 Å². The lowest BCUT2D eigenvalue weighted by molar-refractivity contribution is -0.143. The Bertz CT molecular complexity index is 900. The van der Waals surface area contributed by atoms with Gasteiger partial charge in [0, 0.05) is 36.9 Å². The van der Waals surface area contributed by atoms with Crippen molar-refractivity contribution >= 4 is 11.8 Å². The molecule has 0 saturated heterocycles. The van der Waals surface area contributed by atoms with Gasteiger partial charge in [0.05, 0.1) is 6.54 Å². The van der Waals surface area contributed by atoms with Crippen LogP contribution in [0.1, 0.15) is 69.7 Å². The first-order valence-corrected chi connectivity index (χ1v) is 12.2. The Labute approximate surface area is 193 Å². The van der Waals surface area contributed by atoms with Gasteiger partial charge in [-0.25, -0.2) is 0 Å². The minimum Gasteiger partial charge on any atom is -0.345 e. The SMILES string of the molecule is CCCCN(Cc1cccn1Cc1cccc(C)c1)C(=O)CN(C(=O)C1CC1)[C@H](C)CC. The quantitative estimate of drug-likeness (QED) is 0.468. The third kappa shape index (κ3) is 6.47. The first-order chi connectivity index (χ1) is 15.4. The van der Waals surface area contributed by atoms with Crippen LogP contribution in [-0.2, 0) is 22.7 Å². The number of aromatic nitrogens is 1. The number of carbonyl (C=O) groups is 2. The summed E-state index contributed by atoms with van der Waals surface area (Å²) >= 11 is 0. The van der Waals surface area contributed by atoms with E-state index < -0.39 is 0 Å². The second-order valence-corrected chi connectivity index (χ2v) is 9.28. The van der Waals surface area contributed by atoms with E-state index in [1.54, 1.807) is 0 Å². The van der Waals surface area contributed by atoms with Crippen molar-refractivity contribution in [3.63, 3.8) is 0 Å². The molecule has 174 valence electrons. The van der Waals surface area contributed by atoms with Gasteiger partial charge in [-0.2, -0.15) is 0 Å². The van der Waals surface area contributed by atoms with Crippen LogP contribution in [0.3, 0.4) is 0 Å². The van der Waals surface area contributed by atoms with Gasteiger partial charge in [0.2, 0.25) is 11.8 Å². The maximum Gasteiger partial charge on any atom is 0.242 e. The van der Waals surface area contributed by atoms with E-state index in [9.17, 15) is 9.59 Å². The molecule has 3 rings (SSSR count). The molecular weight excluding hydrogens is 398 g/mol. The second kappa shape index (κ2) is 11.3. The molecule has 2 amide bonds. The highest BCUT2D eigenvalue weighted by Crippen LogP contribution is 2.32. The second-order valence-electron chi connectivity index (χ2n) is 9.28. The molecule has 2 aromatic rings. The van der Waals surface area contributed by atoms with Crippen LogP contribution in [0.2, 0.25) is 0 Å². The number of aryl methyl sites for hydroxylation is 1. The minimum atomic E-state index is 0.0519. The standard InChI is InChI=1S/C27H39N3O2/c1-5-7-15-29(26(31)20-30(22(4)6-2)27(32)24-13-14-24)19-25-12-9-16-28(25)18-23-11-8-10-21(3)17-23/h8-12,16-17,22,24H,5-7,13-15,18-20H2,1-4H3/t22-/m1/s1. The number of amides is 2. The molecule has 1 fully saturated rings. The van der Waals surface area contributed by atoms with Gasteiger partial charge < -0.3 is 14.4 Å². The Morgan fingerprint density at radius 2 is 1.94 bits per heavy atom. The summed E-state index contributed by atoms with van der Waals surface area (Å²) in [5, 5.41) is 0. The van der Waals surface area contributed by atoms with Gasteiger partial charge in [0.1, 0.15) is 6.54 Å². The predicted octanol–water partition coefficient (Wildman–Crippen LogP) is 5.01. The average molecular weight is 438 g/mol. The van der Waals surface area contributed by atoms with Crippen molar-refractivity contribution in [3.05, 3.63) is 59.4 Å². The Morgan fingerprint density at radius 3 is 2.59 bits per heavy atom. The molecule has 0 spiro atoms. The number of hydrogen-bond donors (Lipinski definition) is 0. The third-order valence-corrected chi connectivity index (χ3v) is 6.48. The summed E-state index contributed by atoms with van der Waals surface area (Å²) < 4.78 is 2.22. The van der Waals surface area contributed by atoms with Crippen LogP contribution in [-0.4, -0.2) is 45.3 Å². The summed E-state index contributed by atoms with van der Waals surface area (Å²) in [6.07, 6.45) is 6.87. The topological polar surface area (TPSA) is 45.6 Å². The van der Waals surface area contributed by atoms with E-state index in [4.69, 9.17) is 0 Å². The fraction of sp³-hybridized carbons (Fsp3) is 0.556. The van der Waals surface area contributed by atoms with Crippen molar-refractivity contribution in [2.45, 2.75) is 78.9 Å². The smallest absolute Gasteiger partial charge is 0.242 e. The lowest BCUT2D eigenvalue weighted by Gasteiger charge is -2.31. The first-order valence-electron chi connectivity index (χ1n) is 12.2. The largest absolute Gasteiger partial charge is 0.345 e. The van der Waals surface area contributed by atoms with Crippen molar-refractivity contribution in [1.29, 1.82) is 0 Å². The van der Waals surface area contributed by atoms with Gasteiger partial charge >= 0.3 is 0 Å². The van der Waals surface area contributed by atoms with Crippen molar-refractivity contribution in [2.24, 2.45) is 5.92 Å². The molecule has 5 nitrogen and oxygen atoms in total. The normalized spacial score (nSPS) is 14.2. The van der Waals surface area contributed by atoms with E-state index in [1.165, 1.54) is 11.1 Å². The molecule has 0 bridgehead atoms. The number of hydrogen-bond acceptors (Lipinski definition) is 2. The summed E-state index contributed by atoms with van der Waals surface area (Å²) in [5.74, 6) is 0.342. The molecule has 0 aliphatic heterocycles. The van der Waals surface area contributed by atoms with Gasteiger partial charge in [-0.05, 0) is 57.2 Å². The minimum absolute atomic E-state index is 0.0519. The fourth-order valence-electron chi connectivity index (χ4n) is 4.07. The van der Waals surface area contributed by atoms with Crippen LogP contribution in [0.15, 0.2) is 42.6 Å². The first kappa shape index (κ1) is 24.1. The van der Waals surface area contributed by atoms with Gasteiger partial charge in [0.15, 0.2) is 0 Å². The van der Waals surface area contributed by atoms with Crippen LogP contribution >= 0.6 is 0 Å². The summed E-state index contributed by atoms with van der Waals surface area (Å²) in [7, 11) is 0. The predicted molar refractivity (Wildman–Crippen MR) is 129 cm³/mol. The van der Waals surface area contributed by atoms with E-state index in [1.807, 2.05) is 9.80 Å². The van der Waals surface area contributed by atoms with E-state index in [0.29, 0.717) is 6.54 Å². The fourth-order valence-corrected chi connectivity index (χ4v) is 4.07. The zero-order chi connectivity index (χ0) is 23.1. The number of rotatable bonds is 12. The summed E-state index contributed by atoms with van der Waals surface area (Å²) in [6, 6.07) is 12.8. The Kier molecular flexibility index (Phi) is 8.54. The Balaban J connectivity index is 1.73. The zero-order valence-corrected chi connectivity index (χ0v) is 20.2. The third-order valence-electron chi connectivity index (χ3n) is 6.48. The molecule has 0 N–H and O–H groups in total. The number of benzene rings is 1. The maximum atomic E-state index is 13.4. The highest BCUT2D eigenvalue weighted by atomic mass is 16.2. The average Bonchev–Trinajstić information content (AvgIpc) is 3.55.